The second-order valence-corrected chi connectivity index (χ2v) is 12.0. The molecule has 2 aliphatic carbocycles. The summed E-state index contributed by atoms with van der Waals surface area (Å²) < 4.78 is 0. The number of carboxylic acids is 2. The van der Waals surface area contributed by atoms with E-state index in [0.717, 1.165) is 12.8 Å². The van der Waals surface area contributed by atoms with Gasteiger partial charge in [-0.2, -0.15) is 0 Å². The third-order valence-corrected chi connectivity index (χ3v) is 9.40. The predicted molar refractivity (Wildman–Crippen MR) is 136 cm³/mol. The summed E-state index contributed by atoms with van der Waals surface area (Å²) in [4.78, 5) is 50.5. The lowest BCUT2D eigenvalue weighted by Crippen LogP contribution is -2.57. The first-order valence-corrected chi connectivity index (χ1v) is 13.5. The normalized spacial score (nSPS) is 32.9. The summed E-state index contributed by atoms with van der Waals surface area (Å²) in [5.74, 6) is -8.62. The Morgan fingerprint density at radius 2 is 1.19 bits per heavy atom. The monoisotopic (exact) mass is 526 g/mol. The van der Waals surface area contributed by atoms with E-state index >= 15 is 0 Å². The molecule has 0 heterocycles. The minimum atomic E-state index is -1.28. The van der Waals surface area contributed by atoms with Gasteiger partial charge in [0, 0.05) is 5.54 Å². The van der Waals surface area contributed by atoms with Gasteiger partial charge in [0.15, 0.2) is 0 Å². The van der Waals surface area contributed by atoms with Gasteiger partial charge < -0.3 is 31.1 Å². The van der Waals surface area contributed by atoms with Crippen LogP contribution < -0.4 is 10.6 Å². The van der Waals surface area contributed by atoms with Crippen molar-refractivity contribution < 1.29 is 39.6 Å². The van der Waals surface area contributed by atoms with E-state index < -0.39 is 71.2 Å². The van der Waals surface area contributed by atoms with Crippen molar-refractivity contribution in [3.8, 4) is 0 Å². The lowest BCUT2D eigenvalue weighted by atomic mass is 9.64. The number of rotatable bonds is 10. The lowest BCUT2D eigenvalue weighted by molar-refractivity contribution is -0.160. The fourth-order valence-electron chi connectivity index (χ4n) is 5.98. The highest BCUT2D eigenvalue weighted by Crippen LogP contribution is 2.44. The average molecular weight is 527 g/mol. The molecule has 2 fully saturated rings. The van der Waals surface area contributed by atoms with E-state index in [1.165, 1.54) is 0 Å². The summed E-state index contributed by atoms with van der Waals surface area (Å²) in [5, 5.41) is 47.0. The number of aliphatic carboxylic acids is 2. The number of carboxylic acid groups (broad SMARTS) is 2. The zero-order chi connectivity index (χ0) is 28.3. The van der Waals surface area contributed by atoms with E-state index in [1.54, 1.807) is 13.8 Å². The Kier molecular flexibility index (Phi) is 10.2. The summed E-state index contributed by atoms with van der Waals surface area (Å²) in [6.07, 6.45) is 0.425. The van der Waals surface area contributed by atoms with E-state index in [1.807, 2.05) is 20.8 Å². The number of aliphatic hydroxyl groups is 2. The van der Waals surface area contributed by atoms with Crippen molar-refractivity contribution in [1.82, 2.24) is 10.6 Å². The molecule has 37 heavy (non-hydrogen) atoms. The number of nitrogens with one attached hydrogen (secondary N) is 2. The Bertz CT molecular complexity index is 855. The van der Waals surface area contributed by atoms with Gasteiger partial charge in [-0.3, -0.25) is 19.2 Å². The van der Waals surface area contributed by atoms with Crippen LogP contribution in [0.4, 0.5) is 0 Å². The van der Waals surface area contributed by atoms with Crippen LogP contribution in [0, 0.1) is 35.0 Å². The Hall–Kier alpha value is -2.20. The van der Waals surface area contributed by atoms with Gasteiger partial charge in [-0.25, -0.2) is 0 Å². The minimum Gasteiger partial charge on any atom is -0.481 e. The molecule has 2 saturated carbocycles. The quantitative estimate of drug-likeness (QED) is 0.251. The SMILES string of the molecule is CCC(C)(C)NC(=O)C1CC(C(=O)O)C(C(=O)NC2CC(O)C(C(C)(CC)CC)CC2O)CC1C(=O)O. The largest absolute Gasteiger partial charge is 0.481 e. The van der Waals surface area contributed by atoms with Crippen LogP contribution in [0.1, 0.15) is 86.5 Å². The fourth-order valence-corrected chi connectivity index (χ4v) is 5.98. The van der Waals surface area contributed by atoms with Gasteiger partial charge >= 0.3 is 11.9 Å². The molecule has 0 aromatic carbocycles. The molecule has 0 spiro atoms. The van der Waals surface area contributed by atoms with Gasteiger partial charge in [0.05, 0.1) is 41.9 Å². The molecule has 0 saturated heterocycles. The third kappa shape index (κ3) is 7.02. The highest BCUT2D eigenvalue weighted by molar-refractivity contribution is 5.90. The Labute approximate surface area is 219 Å². The van der Waals surface area contributed by atoms with E-state index in [-0.39, 0.29) is 30.6 Å². The van der Waals surface area contributed by atoms with Crippen molar-refractivity contribution in [3.05, 3.63) is 0 Å². The molecule has 8 unspecified atom stereocenters. The molecule has 0 aliphatic heterocycles. The molecule has 0 aromatic rings. The van der Waals surface area contributed by atoms with Crippen LogP contribution in [0.15, 0.2) is 0 Å². The van der Waals surface area contributed by atoms with Gasteiger partial charge in [0.2, 0.25) is 11.8 Å². The maximum Gasteiger partial charge on any atom is 0.307 e. The number of carbonyl (C=O) groups excluding carboxylic acids is 2. The van der Waals surface area contributed by atoms with Crippen LogP contribution in [0.5, 0.6) is 0 Å². The predicted octanol–water partition coefficient (Wildman–Crippen LogP) is 2.16. The van der Waals surface area contributed by atoms with Crippen LogP contribution in [-0.4, -0.2) is 68.0 Å². The number of carbonyl (C=O) groups is 4. The third-order valence-electron chi connectivity index (χ3n) is 9.40. The standard InChI is InChI=1S/C27H46N2O8/c1-7-26(4,5)29-23(33)15-11-16(24(34)35)14(10-17(15)25(36)37)22(32)28-19-13-20(30)18(12-21(19)31)27(6,8-2)9-3/h14-21,30-31H,7-13H2,1-6H3,(H,28,32)(H,29,33)(H,34,35)(H,36,37). The second-order valence-electron chi connectivity index (χ2n) is 12.0. The molecule has 2 aliphatic rings. The number of hydrogen-bond acceptors (Lipinski definition) is 6. The molecule has 10 nitrogen and oxygen atoms in total. The van der Waals surface area contributed by atoms with Crippen molar-refractivity contribution in [2.75, 3.05) is 0 Å². The van der Waals surface area contributed by atoms with Crippen LogP contribution in [-0.2, 0) is 19.2 Å². The van der Waals surface area contributed by atoms with Crippen molar-refractivity contribution in [3.63, 3.8) is 0 Å². The maximum atomic E-state index is 13.3. The zero-order valence-corrected chi connectivity index (χ0v) is 23.0. The highest BCUT2D eigenvalue weighted by atomic mass is 16.4. The number of hydrogen-bond donors (Lipinski definition) is 6. The van der Waals surface area contributed by atoms with Crippen molar-refractivity contribution in [1.29, 1.82) is 0 Å². The molecule has 0 bridgehead atoms. The first kappa shape index (κ1) is 31.0. The number of amides is 2. The zero-order valence-electron chi connectivity index (χ0n) is 23.0. The van der Waals surface area contributed by atoms with Crippen molar-refractivity contribution >= 4 is 23.8 Å². The van der Waals surface area contributed by atoms with Gasteiger partial charge in [0.1, 0.15) is 0 Å². The van der Waals surface area contributed by atoms with E-state index in [0.29, 0.717) is 12.8 Å². The second kappa shape index (κ2) is 12.1. The van der Waals surface area contributed by atoms with Crippen molar-refractivity contribution in [2.45, 2.75) is 110 Å². The summed E-state index contributed by atoms with van der Waals surface area (Å²) in [6, 6.07) is -0.777. The highest BCUT2D eigenvalue weighted by Gasteiger charge is 2.50. The lowest BCUT2D eigenvalue weighted by Gasteiger charge is -2.46. The van der Waals surface area contributed by atoms with Gasteiger partial charge in [0.25, 0.3) is 0 Å². The summed E-state index contributed by atoms with van der Waals surface area (Å²) in [5.41, 5.74) is -0.752. The van der Waals surface area contributed by atoms with E-state index in [2.05, 4.69) is 17.6 Å². The van der Waals surface area contributed by atoms with Crippen LogP contribution >= 0.6 is 0 Å². The summed E-state index contributed by atoms with van der Waals surface area (Å²) >= 11 is 0. The Morgan fingerprint density at radius 3 is 1.62 bits per heavy atom. The first-order chi connectivity index (χ1) is 17.1. The van der Waals surface area contributed by atoms with Gasteiger partial charge in [-0.1, -0.05) is 40.5 Å². The molecule has 8 atom stereocenters. The molecule has 0 aromatic heterocycles. The van der Waals surface area contributed by atoms with Crippen molar-refractivity contribution in [2.24, 2.45) is 35.0 Å². The maximum absolute atomic E-state index is 13.3. The summed E-state index contributed by atoms with van der Waals surface area (Å²) in [7, 11) is 0. The molecule has 2 rings (SSSR count). The smallest absolute Gasteiger partial charge is 0.307 e. The van der Waals surface area contributed by atoms with Crippen LogP contribution in [0.2, 0.25) is 0 Å². The molecule has 212 valence electrons. The molecular weight excluding hydrogens is 480 g/mol. The first-order valence-electron chi connectivity index (χ1n) is 13.5. The van der Waals surface area contributed by atoms with Crippen LogP contribution in [0.3, 0.4) is 0 Å². The van der Waals surface area contributed by atoms with Gasteiger partial charge in [-0.05, 0) is 57.3 Å². The van der Waals surface area contributed by atoms with Crippen LogP contribution in [0.25, 0.3) is 0 Å². The molecular formula is C27H46N2O8. The molecule has 2 amide bonds. The summed E-state index contributed by atoms with van der Waals surface area (Å²) in [6.45, 7) is 11.6. The molecule has 0 radical (unpaired) electrons. The van der Waals surface area contributed by atoms with Gasteiger partial charge in [-0.15, -0.1) is 0 Å². The average Bonchev–Trinajstić information content (AvgIpc) is 2.84. The number of aliphatic hydroxyl groups excluding tert-OH is 2. The fraction of sp³-hybridized carbons (Fsp3) is 0.852. The minimum absolute atomic E-state index is 0.122. The molecule has 10 heteroatoms. The van der Waals surface area contributed by atoms with E-state index in [4.69, 9.17) is 0 Å². The Balaban J connectivity index is 2.21. The Morgan fingerprint density at radius 1 is 0.703 bits per heavy atom. The van der Waals surface area contributed by atoms with E-state index in [9.17, 15) is 39.6 Å². The molecule has 6 N–H and O–H groups in total. The topological polar surface area (TPSA) is 173 Å².